The summed E-state index contributed by atoms with van der Waals surface area (Å²) in [6, 6.07) is 17.2. The number of hydrogen-bond donors (Lipinski definition) is 1. The summed E-state index contributed by atoms with van der Waals surface area (Å²) < 4.78 is 0. The van der Waals surface area contributed by atoms with E-state index in [2.05, 4.69) is 10.2 Å². The van der Waals surface area contributed by atoms with Gasteiger partial charge in [-0.25, -0.2) is 0 Å². The monoisotopic (exact) mass is 298 g/mol. The predicted octanol–water partition coefficient (Wildman–Crippen LogP) is 3.16. The van der Waals surface area contributed by atoms with E-state index in [9.17, 15) is 0 Å². The molecule has 1 atom stereocenters. The van der Waals surface area contributed by atoms with Crippen molar-refractivity contribution < 1.29 is 0 Å². The van der Waals surface area contributed by atoms with Gasteiger partial charge in [-0.1, -0.05) is 41.9 Å². The van der Waals surface area contributed by atoms with Gasteiger partial charge in [0.1, 0.15) is 5.69 Å². The lowest BCUT2D eigenvalue weighted by Crippen LogP contribution is -2.14. The van der Waals surface area contributed by atoms with Crippen molar-refractivity contribution in [1.29, 1.82) is 0 Å². The fraction of sp³-hybridized carbons (Fsp3) is 0.125. The smallest absolute Gasteiger partial charge is 0.100 e. The number of rotatable bonds is 4. The molecule has 0 saturated heterocycles. The maximum Gasteiger partial charge on any atom is 0.100 e. The highest BCUT2D eigenvalue weighted by molar-refractivity contribution is 6.30. The van der Waals surface area contributed by atoms with Crippen LogP contribution in [0.25, 0.3) is 5.69 Å². The molecule has 0 spiro atoms. The average molecular weight is 299 g/mol. The first-order valence-corrected chi connectivity index (χ1v) is 7.08. The van der Waals surface area contributed by atoms with Gasteiger partial charge in [-0.2, -0.15) is 15.0 Å². The Labute approximate surface area is 128 Å². The molecule has 0 fully saturated rings. The van der Waals surface area contributed by atoms with Gasteiger partial charge in [-0.05, 0) is 36.2 Å². The van der Waals surface area contributed by atoms with E-state index in [-0.39, 0.29) is 6.04 Å². The fourth-order valence-corrected chi connectivity index (χ4v) is 2.37. The van der Waals surface area contributed by atoms with Gasteiger partial charge < -0.3 is 5.73 Å². The maximum atomic E-state index is 6.21. The summed E-state index contributed by atoms with van der Waals surface area (Å²) in [5.41, 5.74) is 8.98. The first-order valence-electron chi connectivity index (χ1n) is 6.70. The third kappa shape index (κ3) is 3.29. The Hall–Kier alpha value is -2.17. The van der Waals surface area contributed by atoms with Crippen LogP contribution >= 0.6 is 11.6 Å². The summed E-state index contributed by atoms with van der Waals surface area (Å²) in [5, 5.41) is 9.43. The van der Waals surface area contributed by atoms with Crippen LogP contribution < -0.4 is 5.73 Å². The summed E-state index contributed by atoms with van der Waals surface area (Å²) in [4.78, 5) is 1.59. The number of benzene rings is 2. The molecule has 1 unspecified atom stereocenters. The molecular weight excluding hydrogens is 284 g/mol. The standard InChI is InChI=1S/C16H15ClN4/c17-13-6-4-5-12(9-13)10-15(18)16-11-19-21(20-16)14-7-2-1-3-8-14/h1-9,11,15H,10,18H2. The van der Waals surface area contributed by atoms with Crippen LogP contribution in [0, 0.1) is 0 Å². The number of hydrogen-bond acceptors (Lipinski definition) is 3. The Bertz CT molecular complexity index is 724. The Morgan fingerprint density at radius 3 is 2.67 bits per heavy atom. The molecule has 21 heavy (non-hydrogen) atoms. The molecule has 2 N–H and O–H groups in total. The van der Waals surface area contributed by atoms with Crippen LogP contribution in [0.5, 0.6) is 0 Å². The van der Waals surface area contributed by atoms with Gasteiger partial charge in [-0.3, -0.25) is 0 Å². The molecule has 1 aromatic heterocycles. The topological polar surface area (TPSA) is 56.7 Å². The Balaban J connectivity index is 1.77. The van der Waals surface area contributed by atoms with Crippen LogP contribution in [0.2, 0.25) is 5.02 Å². The number of aromatic nitrogens is 3. The van der Waals surface area contributed by atoms with Crippen LogP contribution in [0.1, 0.15) is 17.3 Å². The van der Waals surface area contributed by atoms with Gasteiger partial charge in [0.2, 0.25) is 0 Å². The minimum Gasteiger partial charge on any atom is -0.322 e. The maximum absolute atomic E-state index is 6.21. The Morgan fingerprint density at radius 2 is 1.90 bits per heavy atom. The zero-order chi connectivity index (χ0) is 14.7. The lowest BCUT2D eigenvalue weighted by atomic mass is 10.0. The third-order valence-corrected chi connectivity index (χ3v) is 3.46. The second-order valence-electron chi connectivity index (χ2n) is 4.83. The minimum absolute atomic E-state index is 0.207. The van der Waals surface area contributed by atoms with Crippen molar-refractivity contribution >= 4 is 11.6 Å². The average Bonchev–Trinajstić information content (AvgIpc) is 2.98. The van der Waals surface area contributed by atoms with Gasteiger partial charge in [-0.15, -0.1) is 0 Å². The van der Waals surface area contributed by atoms with Crippen LogP contribution in [0.15, 0.2) is 60.8 Å². The molecule has 0 bridgehead atoms. The van der Waals surface area contributed by atoms with Crippen molar-refractivity contribution in [3.8, 4) is 5.69 Å². The summed E-state index contributed by atoms with van der Waals surface area (Å²) in [6.07, 6.45) is 2.39. The number of halogens is 1. The number of para-hydroxylation sites is 1. The Kier molecular flexibility index (Phi) is 3.99. The molecule has 3 rings (SSSR count). The molecule has 3 aromatic rings. The molecule has 5 heteroatoms. The van der Waals surface area contributed by atoms with Crippen LogP contribution in [0.3, 0.4) is 0 Å². The van der Waals surface area contributed by atoms with Gasteiger partial charge in [0.25, 0.3) is 0 Å². The van der Waals surface area contributed by atoms with E-state index in [1.165, 1.54) is 0 Å². The van der Waals surface area contributed by atoms with Gasteiger partial charge >= 0.3 is 0 Å². The van der Waals surface area contributed by atoms with E-state index in [1.54, 1.807) is 11.0 Å². The minimum atomic E-state index is -0.207. The lowest BCUT2D eigenvalue weighted by molar-refractivity contribution is 0.666. The molecule has 2 aromatic carbocycles. The first kappa shape index (κ1) is 13.8. The molecule has 106 valence electrons. The highest BCUT2D eigenvalue weighted by Gasteiger charge is 2.12. The first-order chi connectivity index (χ1) is 10.2. The van der Waals surface area contributed by atoms with Crippen molar-refractivity contribution in [2.45, 2.75) is 12.5 Å². The molecular formula is C16H15ClN4. The quantitative estimate of drug-likeness (QED) is 0.805. The van der Waals surface area contributed by atoms with Crippen molar-refractivity contribution in [3.05, 3.63) is 77.1 Å². The van der Waals surface area contributed by atoms with Gasteiger partial charge in [0.05, 0.1) is 17.9 Å². The van der Waals surface area contributed by atoms with E-state index in [4.69, 9.17) is 17.3 Å². The third-order valence-electron chi connectivity index (χ3n) is 3.22. The van der Waals surface area contributed by atoms with Crippen molar-refractivity contribution in [2.75, 3.05) is 0 Å². The van der Waals surface area contributed by atoms with E-state index >= 15 is 0 Å². The molecule has 0 aliphatic carbocycles. The van der Waals surface area contributed by atoms with Crippen LogP contribution in [-0.2, 0) is 6.42 Å². The fourth-order valence-electron chi connectivity index (χ4n) is 2.15. The number of nitrogens with two attached hydrogens (primary N) is 1. The van der Waals surface area contributed by atoms with Crippen LogP contribution in [-0.4, -0.2) is 15.0 Å². The highest BCUT2D eigenvalue weighted by Crippen LogP contribution is 2.17. The normalized spacial score (nSPS) is 12.3. The second-order valence-corrected chi connectivity index (χ2v) is 5.27. The van der Waals surface area contributed by atoms with Crippen molar-refractivity contribution in [2.24, 2.45) is 5.73 Å². The molecule has 0 aliphatic heterocycles. The molecule has 1 heterocycles. The predicted molar refractivity (Wildman–Crippen MR) is 83.4 cm³/mol. The van der Waals surface area contributed by atoms with Gasteiger partial charge in [0, 0.05) is 5.02 Å². The summed E-state index contributed by atoms with van der Waals surface area (Å²) in [6.45, 7) is 0. The molecule has 0 aliphatic rings. The number of nitrogens with zero attached hydrogens (tertiary/aromatic N) is 3. The van der Waals surface area contributed by atoms with E-state index in [0.717, 1.165) is 16.9 Å². The highest BCUT2D eigenvalue weighted by atomic mass is 35.5. The zero-order valence-electron chi connectivity index (χ0n) is 11.4. The van der Waals surface area contributed by atoms with E-state index in [1.807, 2.05) is 54.6 Å². The largest absolute Gasteiger partial charge is 0.322 e. The summed E-state index contributed by atoms with van der Waals surface area (Å²) in [7, 11) is 0. The molecule has 4 nitrogen and oxygen atoms in total. The van der Waals surface area contributed by atoms with E-state index in [0.29, 0.717) is 11.4 Å². The molecule has 0 amide bonds. The van der Waals surface area contributed by atoms with Gasteiger partial charge in [0.15, 0.2) is 0 Å². The van der Waals surface area contributed by atoms with Crippen molar-refractivity contribution in [3.63, 3.8) is 0 Å². The molecule has 0 radical (unpaired) electrons. The molecule has 0 saturated carbocycles. The zero-order valence-corrected chi connectivity index (χ0v) is 12.1. The van der Waals surface area contributed by atoms with Crippen molar-refractivity contribution in [1.82, 2.24) is 15.0 Å². The van der Waals surface area contributed by atoms with Crippen LogP contribution in [0.4, 0.5) is 0 Å². The Morgan fingerprint density at radius 1 is 1.10 bits per heavy atom. The van der Waals surface area contributed by atoms with E-state index < -0.39 is 0 Å². The lowest BCUT2D eigenvalue weighted by Gasteiger charge is -2.08. The summed E-state index contributed by atoms with van der Waals surface area (Å²) >= 11 is 5.99. The second kappa shape index (κ2) is 6.08. The summed E-state index contributed by atoms with van der Waals surface area (Å²) in [5.74, 6) is 0. The SMILES string of the molecule is NC(Cc1cccc(Cl)c1)c1cnn(-c2ccccc2)n1.